The molecule has 0 amide bonds. The van der Waals surface area contributed by atoms with Crippen LogP contribution in [-0.2, 0) is 71.8 Å². The average Bonchev–Trinajstić information content (AvgIpc) is 0.796. The third-order valence-corrected chi connectivity index (χ3v) is 30.8. The monoisotopic (exact) mass is 2030 g/mol. The first-order valence-electron chi connectivity index (χ1n) is 47.0. The smallest absolute Gasteiger partial charge is 0.272 e. The van der Waals surface area contributed by atoms with E-state index in [-0.39, 0.29) is 77.0 Å². The van der Waals surface area contributed by atoms with Crippen LogP contribution in [0.4, 0.5) is 8.78 Å². The molecule has 4 N–H and O–H groups in total. The second kappa shape index (κ2) is 44.2. The van der Waals surface area contributed by atoms with Crippen molar-refractivity contribution < 1.29 is 8.78 Å². The molecule has 0 aromatic carbocycles. The van der Waals surface area contributed by atoms with Crippen molar-refractivity contribution in [3.8, 4) is 97.9 Å². The Morgan fingerprint density at radius 1 is 0.350 bits per heavy atom. The van der Waals surface area contributed by atoms with E-state index in [0.29, 0.717) is 132 Å². The topological polar surface area (TPSA) is 446 Å². The zero-order chi connectivity index (χ0) is 104. The molecule has 0 spiro atoms. The number of nitrogens with one attached hydrogen (secondary N) is 4. The summed E-state index contributed by atoms with van der Waals surface area (Å²) in [5, 5.41) is 85.4. The molecular formula is C105H118F2N28O2S6. The molecule has 12 aromatic rings. The highest BCUT2D eigenvalue weighted by atomic mass is 32.2. The van der Waals surface area contributed by atoms with Gasteiger partial charge in [0.25, 0.3) is 11.1 Å². The standard InChI is InChI=1S/C18H20FN5S.C18H20N4OS.C18H21N3OS.C17H18FN5S.C17H20N6S.C17H19N5S/c1-10-8-24-16(21)12(6-20)14(23-17(24)25-9-10)11-5-13(19)15(22-7-11)18(2,3)4;1-11-9-22-16(23)13(7-19)15(21-17(22)24-10-11)12-5-6-14(20-8-12)18(2,3)4;1-5-13-15(12-7-8-14(19-11-12)18(2,3)4)20-17-21(16(13)22)9-6-10-23-17;1-17(2,3)14-12(18)7-10(9-21-14)13-11(8-19)15(20)23-5-4-6-24-16(23)22-13;1-10-8-23-14(19)12(5-18)13(22-16(23)24-9-10)11-6-20-15(21-7-11)17(2,3)4;1-17(2,3)13-6-5-11(10-20-13)14-12(9-18)15(19)22-7-4-8-23-16(22)21-14/h5,7,10,21H,8-9H2,1-4H3;5-6,8,11H,9-10H2,1-4H3;5,7-8,11H,1,6,9-10H2,2-4H3;7,9,20H,4-6H2,1-3H3;6-7,10,19H,8-9H2,1-4H3;5-6,10,19H,4,7-8H2,1-3H3/t;11-;;;;/m.1..../s1. The maximum absolute atomic E-state index is 14.5. The van der Waals surface area contributed by atoms with Crippen LogP contribution in [0.3, 0.4) is 0 Å². The molecule has 0 radical (unpaired) electrons. The molecule has 0 saturated carbocycles. The lowest BCUT2D eigenvalue weighted by Gasteiger charge is -2.24. The molecule has 6 aliphatic heterocycles. The Hall–Kier alpha value is -12.7. The van der Waals surface area contributed by atoms with E-state index >= 15 is 0 Å². The predicted molar refractivity (Wildman–Crippen MR) is 558 cm³/mol. The van der Waals surface area contributed by atoms with Crippen LogP contribution in [0.15, 0.2) is 139 Å². The van der Waals surface area contributed by atoms with Gasteiger partial charge in [0.1, 0.15) is 97.6 Å². The van der Waals surface area contributed by atoms with Crippen molar-refractivity contribution in [1.82, 2.24) is 92.2 Å². The minimum Gasteiger partial charge on any atom is -0.305 e. The fourth-order valence-corrected chi connectivity index (χ4v) is 21.8. The zero-order valence-electron chi connectivity index (χ0n) is 84.5. The molecule has 0 aliphatic carbocycles. The second-order valence-electron chi connectivity index (χ2n) is 41.9. The molecule has 38 heteroatoms. The summed E-state index contributed by atoms with van der Waals surface area (Å²) in [5.74, 6) is 6.90. The van der Waals surface area contributed by atoms with E-state index in [0.717, 1.165) is 123 Å². The number of thioether (sulfide) groups is 6. The van der Waals surface area contributed by atoms with Gasteiger partial charge in [-0.25, -0.2) is 48.7 Å². The molecule has 30 nitrogen and oxygen atoms in total. The Bertz CT molecular complexity index is 7370. The maximum atomic E-state index is 14.5. The summed E-state index contributed by atoms with van der Waals surface area (Å²) in [5.41, 5.74) is 11.4. The first-order chi connectivity index (χ1) is 67.5. The minimum absolute atomic E-state index is 0.00151. The predicted octanol–water partition coefficient (Wildman–Crippen LogP) is 19.5. The first kappa shape index (κ1) is 108. The summed E-state index contributed by atoms with van der Waals surface area (Å²) in [6.07, 6.45) is 16.3. The summed E-state index contributed by atoms with van der Waals surface area (Å²) in [6.45, 7) is 50.8. The lowest BCUT2D eigenvalue weighted by Crippen LogP contribution is -2.32. The summed E-state index contributed by atoms with van der Waals surface area (Å²) in [4.78, 5) is 84.0. The van der Waals surface area contributed by atoms with Crippen molar-refractivity contribution in [2.45, 2.75) is 267 Å². The maximum Gasteiger partial charge on any atom is 0.272 e. The molecule has 0 bridgehead atoms. The Labute approximate surface area is 857 Å². The van der Waals surface area contributed by atoms with Gasteiger partial charge in [0.05, 0.1) is 51.1 Å². The first-order valence-corrected chi connectivity index (χ1v) is 52.9. The molecule has 0 saturated heterocycles. The second-order valence-corrected chi connectivity index (χ2v) is 48.0. The Kier molecular flexibility index (Phi) is 33.3. The normalized spacial score (nSPS) is 15.7. The molecule has 740 valence electrons. The van der Waals surface area contributed by atoms with Gasteiger partial charge in [-0.3, -0.25) is 65.3 Å². The number of nitrogens with zero attached hydrogens (tertiary/aromatic N) is 24. The van der Waals surface area contributed by atoms with Crippen LogP contribution in [0.1, 0.15) is 232 Å². The zero-order valence-corrected chi connectivity index (χ0v) is 89.4. The minimum atomic E-state index is -0.422. The van der Waals surface area contributed by atoms with Gasteiger partial charge in [-0.05, 0) is 85.5 Å². The molecule has 3 atom stereocenters. The van der Waals surface area contributed by atoms with Crippen molar-refractivity contribution in [1.29, 1.82) is 47.9 Å². The Morgan fingerprint density at radius 3 is 0.958 bits per heavy atom. The van der Waals surface area contributed by atoms with Gasteiger partial charge in [-0.1, -0.05) is 229 Å². The molecule has 0 fully saturated rings. The van der Waals surface area contributed by atoms with E-state index in [2.05, 4.69) is 188 Å². The molecule has 143 heavy (non-hydrogen) atoms. The largest absolute Gasteiger partial charge is 0.305 e. The van der Waals surface area contributed by atoms with Crippen molar-refractivity contribution in [3.05, 3.63) is 220 Å². The lowest BCUT2D eigenvalue weighted by atomic mass is 9.90. The number of pyridine rings is 5. The van der Waals surface area contributed by atoms with Gasteiger partial charge in [0, 0.05) is 200 Å². The molecule has 18 rings (SSSR count). The number of aromatic nitrogens is 19. The summed E-state index contributed by atoms with van der Waals surface area (Å²) < 4.78 is 39.5. The Morgan fingerprint density at radius 2 is 0.636 bits per heavy atom. The van der Waals surface area contributed by atoms with Gasteiger partial charge in [-0.2, -0.15) is 26.3 Å². The fraction of sp³-hybridized carbons (Fsp3) is 0.429. The SMILES string of the molecule is C=Cc1c(-c2ccc(C(C)(C)C)nc2)nc2n(c1=O)CCCS2.CC(C)(C)c1ccc(-c2nc3n(c(=N)c2C#N)CCCS3)cn1.CC(C)(C)c1ncc(-c2nc3n(c(=N)c2C#N)CCCS3)cc1F.CC1CSc2nc(-c3cnc(C(C)(C)C)c(F)c3)c(C#N)c(=N)n2C1.CC1CSc2nc(-c3cnc(C(C)(C)C)nc3)c(C#N)c(=N)n2C1.C[C@H]1CSc2nc(-c3ccc(C(C)(C)C)nc3)c(C#N)c(=O)n2C1. The number of fused-ring (bicyclic) bond motifs is 6. The lowest BCUT2D eigenvalue weighted by molar-refractivity contribution is 0.452. The van der Waals surface area contributed by atoms with Crippen molar-refractivity contribution in [2.75, 3.05) is 34.5 Å². The van der Waals surface area contributed by atoms with Crippen LogP contribution in [0.5, 0.6) is 0 Å². The summed E-state index contributed by atoms with van der Waals surface area (Å²) >= 11 is 9.58. The highest BCUT2D eigenvalue weighted by Crippen LogP contribution is 2.39. The fourth-order valence-electron chi connectivity index (χ4n) is 16.0. The van der Waals surface area contributed by atoms with E-state index in [9.17, 15) is 44.7 Å². The van der Waals surface area contributed by atoms with Crippen molar-refractivity contribution >= 4 is 76.6 Å². The third-order valence-electron chi connectivity index (χ3n) is 23.7. The van der Waals surface area contributed by atoms with Crippen molar-refractivity contribution in [2.24, 2.45) is 17.8 Å². The van der Waals surface area contributed by atoms with Gasteiger partial charge >= 0.3 is 0 Å². The van der Waals surface area contributed by atoms with Crippen LogP contribution < -0.4 is 33.1 Å². The number of hydrogen-bond donors (Lipinski definition) is 4. The molecular weight excluding hydrogens is 1920 g/mol. The number of rotatable bonds is 7. The van der Waals surface area contributed by atoms with E-state index in [4.69, 9.17) is 26.6 Å². The third kappa shape index (κ3) is 24.3. The van der Waals surface area contributed by atoms with Crippen molar-refractivity contribution in [3.63, 3.8) is 0 Å². The van der Waals surface area contributed by atoms with E-state index < -0.39 is 22.5 Å². The van der Waals surface area contributed by atoms with Gasteiger partial charge in [0.2, 0.25) is 0 Å². The van der Waals surface area contributed by atoms with Crippen LogP contribution in [0, 0.1) is 108 Å². The van der Waals surface area contributed by atoms with E-state index in [1.54, 1.807) is 132 Å². The quantitative estimate of drug-likeness (QED) is 0.108. The Balaban J connectivity index is 0.000000144. The summed E-state index contributed by atoms with van der Waals surface area (Å²) in [6, 6.07) is 24.9. The van der Waals surface area contributed by atoms with Gasteiger partial charge in [0.15, 0.2) is 30.9 Å². The van der Waals surface area contributed by atoms with Crippen LogP contribution in [0.25, 0.3) is 73.6 Å². The van der Waals surface area contributed by atoms with E-state index in [1.807, 2.05) is 99.2 Å². The number of hydrogen-bond acceptors (Lipinski definition) is 30. The molecule has 6 aliphatic rings. The highest BCUT2D eigenvalue weighted by Gasteiger charge is 2.33. The summed E-state index contributed by atoms with van der Waals surface area (Å²) in [7, 11) is 0. The molecule has 18 heterocycles. The van der Waals surface area contributed by atoms with E-state index in [1.165, 1.54) is 18.3 Å². The van der Waals surface area contributed by atoms with Crippen LogP contribution in [0.2, 0.25) is 0 Å². The number of nitriles is 5. The van der Waals surface area contributed by atoms with Crippen LogP contribution >= 0.6 is 70.6 Å². The highest BCUT2D eigenvalue weighted by molar-refractivity contribution is 8.00. The average molecular weight is 2030 g/mol. The molecule has 12 aromatic heterocycles. The van der Waals surface area contributed by atoms with Crippen LogP contribution in [-0.4, -0.2) is 127 Å². The van der Waals surface area contributed by atoms with Gasteiger partial charge in [-0.15, -0.1) is 0 Å². The number of halogens is 2. The molecule has 2 unspecified atom stereocenters. The van der Waals surface area contributed by atoms with Gasteiger partial charge < -0.3 is 18.3 Å².